The van der Waals surface area contributed by atoms with Crippen LogP contribution >= 0.6 is 23.2 Å². The van der Waals surface area contributed by atoms with Gasteiger partial charge in [0.25, 0.3) is 0 Å². The highest BCUT2D eigenvalue weighted by atomic mass is 35.5. The highest BCUT2D eigenvalue weighted by Gasteiger charge is 2.15. The number of alkyl halides is 2. The maximum Gasteiger partial charge on any atom is 0.135 e. The first-order valence-corrected chi connectivity index (χ1v) is 6.27. The van der Waals surface area contributed by atoms with Gasteiger partial charge in [-0.3, -0.25) is 4.79 Å². The van der Waals surface area contributed by atoms with Crippen molar-refractivity contribution in [3.05, 3.63) is 24.3 Å². The topological polar surface area (TPSA) is 17.1 Å². The first-order valence-electron chi connectivity index (χ1n) is 5.39. The Morgan fingerprint density at radius 2 is 1.25 bits per heavy atom. The lowest BCUT2D eigenvalue weighted by Gasteiger charge is -2.11. The number of hydrogen-bond donors (Lipinski definition) is 0. The predicted molar refractivity (Wildman–Crippen MR) is 72.4 cm³/mol. The number of rotatable bonds is 8. The van der Waals surface area contributed by atoms with Gasteiger partial charge in [0, 0.05) is 23.6 Å². The summed E-state index contributed by atoms with van der Waals surface area (Å²) >= 11 is 12.0. The molecule has 0 aromatic heterocycles. The molecule has 0 heterocycles. The van der Waals surface area contributed by atoms with E-state index in [1.165, 1.54) is 0 Å². The summed E-state index contributed by atoms with van der Waals surface area (Å²) in [6.45, 7) is 11.4. The zero-order valence-electron chi connectivity index (χ0n) is 10.1. The van der Waals surface area contributed by atoms with Crippen molar-refractivity contribution in [2.24, 2.45) is 0 Å². The fourth-order valence-electron chi connectivity index (χ4n) is 1.48. The standard InChI is InChI=1S/C13H20Cl2O/c1-9(2)5-11(14)7-13(16)8-12(15)6-10(3)4/h11-12H,1,3,5-8H2,2,4H3. The molecule has 0 aliphatic heterocycles. The van der Waals surface area contributed by atoms with Crippen LogP contribution in [0.3, 0.4) is 0 Å². The van der Waals surface area contributed by atoms with E-state index in [-0.39, 0.29) is 16.5 Å². The number of Topliss-reactive ketones (excluding diaryl/α,β-unsaturated/α-hetero) is 1. The van der Waals surface area contributed by atoms with Crippen molar-refractivity contribution in [3.63, 3.8) is 0 Å². The predicted octanol–water partition coefficient (Wildman–Crippen LogP) is 4.48. The number of hydrogen-bond acceptors (Lipinski definition) is 1. The first kappa shape index (κ1) is 15.7. The van der Waals surface area contributed by atoms with Gasteiger partial charge in [-0.05, 0) is 26.7 Å². The fourth-order valence-corrected chi connectivity index (χ4v) is 2.35. The number of carbonyl (C=O) groups is 1. The minimum absolute atomic E-state index is 0.113. The van der Waals surface area contributed by atoms with E-state index in [1.807, 2.05) is 13.8 Å². The Morgan fingerprint density at radius 3 is 1.50 bits per heavy atom. The number of carbonyl (C=O) groups excluding carboxylic acids is 1. The Morgan fingerprint density at radius 1 is 0.938 bits per heavy atom. The van der Waals surface area contributed by atoms with E-state index in [0.717, 1.165) is 11.1 Å². The third kappa shape index (κ3) is 8.99. The Bertz CT molecular complexity index is 245. The summed E-state index contributed by atoms with van der Waals surface area (Å²) in [4.78, 5) is 11.6. The van der Waals surface area contributed by atoms with E-state index in [9.17, 15) is 4.79 Å². The fraction of sp³-hybridized carbons (Fsp3) is 0.615. The van der Waals surface area contributed by atoms with E-state index in [0.29, 0.717) is 25.7 Å². The second-order valence-electron chi connectivity index (χ2n) is 4.46. The molecule has 0 aliphatic carbocycles. The summed E-state index contributed by atoms with van der Waals surface area (Å²) in [5.41, 5.74) is 1.99. The second kappa shape index (κ2) is 7.92. The zero-order valence-corrected chi connectivity index (χ0v) is 11.6. The van der Waals surface area contributed by atoms with Gasteiger partial charge in [-0.2, -0.15) is 0 Å². The Balaban J connectivity index is 3.89. The van der Waals surface area contributed by atoms with E-state index < -0.39 is 0 Å². The lowest BCUT2D eigenvalue weighted by atomic mass is 10.0. The van der Waals surface area contributed by atoms with Crippen molar-refractivity contribution >= 4 is 29.0 Å². The van der Waals surface area contributed by atoms with Crippen LogP contribution in [0.1, 0.15) is 39.5 Å². The third-order valence-corrected chi connectivity index (χ3v) is 2.66. The molecule has 3 heteroatoms. The van der Waals surface area contributed by atoms with Crippen LogP contribution in [0, 0.1) is 0 Å². The molecule has 0 aliphatic rings. The van der Waals surface area contributed by atoms with Crippen molar-refractivity contribution in [1.29, 1.82) is 0 Å². The van der Waals surface area contributed by atoms with E-state index >= 15 is 0 Å². The number of allylic oxidation sites excluding steroid dienone is 2. The number of halogens is 2. The molecule has 0 aromatic carbocycles. The highest BCUT2D eigenvalue weighted by Crippen LogP contribution is 2.18. The van der Waals surface area contributed by atoms with Gasteiger partial charge in [0.1, 0.15) is 5.78 Å². The monoisotopic (exact) mass is 262 g/mol. The molecular weight excluding hydrogens is 243 g/mol. The van der Waals surface area contributed by atoms with Crippen LogP contribution in [0.4, 0.5) is 0 Å². The summed E-state index contributed by atoms with van der Waals surface area (Å²) in [7, 11) is 0. The van der Waals surface area contributed by atoms with Gasteiger partial charge in [-0.1, -0.05) is 11.1 Å². The molecule has 0 N–H and O–H groups in total. The van der Waals surface area contributed by atoms with Crippen LogP contribution in [0.15, 0.2) is 24.3 Å². The van der Waals surface area contributed by atoms with Gasteiger partial charge in [0.2, 0.25) is 0 Å². The van der Waals surface area contributed by atoms with Gasteiger partial charge in [-0.25, -0.2) is 0 Å². The lowest BCUT2D eigenvalue weighted by Crippen LogP contribution is -2.13. The molecule has 92 valence electrons. The maximum absolute atomic E-state index is 11.6. The van der Waals surface area contributed by atoms with E-state index in [1.54, 1.807) is 0 Å². The largest absolute Gasteiger partial charge is 0.300 e. The molecule has 0 fully saturated rings. The molecule has 16 heavy (non-hydrogen) atoms. The first-order chi connectivity index (χ1) is 7.31. The summed E-state index contributed by atoms with van der Waals surface area (Å²) in [5, 5.41) is -0.308. The summed E-state index contributed by atoms with van der Waals surface area (Å²) < 4.78 is 0. The normalized spacial score (nSPS) is 14.2. The Labute approximate surface area is 109 Å². The quantitative estimate of drug-likeness (QED) is 0.466. The Hall–Kier alpha value is -0.270. The molecular formula is C13H20Cl2O. The van der Waals surface area contributed by atoms with Gasteiger partial charge < -0.3 is 0 Å². The molecule has 0 amide bonds. The van der Waals surface area contributed by atoms with Crippen LogP contribution in [-0.2, 0) is 4.79 Å². The van der Waals surface area contributed by atoms with Crippen molar-refractivity contribution in [1.82, 2.24) is 0 Å². The third-order valence-electron chi connectivity index (χ3n) is 2.04. The number of ketones is 1. The molecule has 2 atom stereocenters. The summed E-state index contributed by atoms with van der Waals surface area (Å²) in [5.74, 6) is 0.113. The van der Waals surface area contributed by atoms with Gasteiger partial charge in [0.15, 0.2) is 0 Å². The minimum atomic E-state index is -0.154. The van der Waals surface area contributed by atoms with Crippen LogP contribution in [0.2, 0.25) is 0 Å². The maximum atomic E-state index is 11.6. The van der Waals surface area contributed by atoms with Crippen molar-refractivity contribution in [2.75, 3.05) is 0 Å². The molecule has 0 bridgehead atoms. The van der Waals surface area contributed by atoms with Crippen LogP contribution in [-0.4, -0.2) is 16.5 Å². The minimum Gasteiger partial charge on any atom is -0.300 e. The SMILES string of the molecule is C=C(C)CC(Cl)CC(=O)CC(Cl)CC(=C)C. The second-order valence-corrected chi connectivity index (χ2v) is 5.70. The van der Waals surface area contributed by atoms with Crippen LogP contribution in [0.5, 0.6) is 0 Å². The van der Waals surface area contributed by atoms with Crippen LogP contribution < -0.4 is 0 Å². The molecule has 0 saturated heterocycles. The van der Waals surface area contributed by atoms with Gasteiger partial charge >= 0.3 is 0 Å². The average Bonchev–Trinajstić information content (AvgIpc) is 1.97. The molecule has 1 nitrogen and oxygen atoms in total. The smallest absolute Gasteiger partial charge is 0.135 e. The molecule has 0 radical (unpaired) electrons. The zero-order chi connectivity index (χ0) is 12.7. The lowest BCUT2D eigenvalue weighted by molar-refractivity contribution is -0.119. The molecule has 0 rings (SSSR count). The molecule has 2 unspecified atom stereocenters. The Kier molecular flexibility index (Phi) is 7.78. The highest BCUT2D eigenvalue weighted by molar-refractivity contribution is 6.23. The summed E-state index contributed by atoms with van der Waals surface area (Å²) in [6.07, 6.45) is 2.10. The molecule has 0 aromatic rings. The van der Waals surface area contributed by atoms with Gasteiger partial charge in [-0.15, -0.1) is 36.4 Å². The van der Waals surface area contributed by atoms with Crippen molar-refractivity contribution in [2.45, 2.75) is 50.3 Å². The van der Waals surface area contributed by atoms with E-state index in [2.05, 4.69) is 13.2 Å². The summed E-state index contributed by atoms with van der Waals surface area (Å²) in [6, 6.07) is 0. The van der Waals surface area contributed by atoms with Crippen molar-refractivity contribution < 1.29 is 4.79 Å². The molecule has 0 saturated carbocycles. The van der Waals surface area contributed by atoms with E-state index in [4.69, 9.17) is 23.2 Å². The molecule has 0 spiro atoms. The average molecular weight is 263 g/mol. The van der Waals surface area contributed by atoms with Crippen molar-refractivity contribution in [3.8, 4) is 0 Å². The van der Waals surface area contributed by atoms with Gasteiger partial charge in [0.05, 0.1) is 0 Å². The van der Waals surface area contributed by atoms with Crippen LogP contribution in [0.25, 0.3) is 0 Å².